The summed E-state index contributed by atoms with van der Waals surface area (Å²) in [6, 6.07) is 31.4. The van der Waals surface area contributed by atoms with Crippen molar-refractivity contribution in [3.8, 4) is 39.1 Å². The van der Waals surface area contributed by atoms with E-state index >= 15 is 0 Å². The summed E-state index contributed by atoms with van der Waals surface area (Å²) in [6.07, 6.45) is 12.3. The number of benzene rings is 4. The molecule has 0 aromatic heterocycles. The highest BCUT2D eigenvalue weighted by Crippen LogP contribution is 2.34. The Bertz CT molecular complexity index is 1360. The van der Waals surface area contributed by atoms with Crippen LogP contribution in [-0.4, -0.2) is 5.97 Å². The van der Waals surface area contributed by atoms with Crippen molar-refractivity contribution in [2.24, 2.45) is 0 Å². The first-order chi connectivity index (χ1) is 20.1. The molecule has 214 valence electrons. The molecule has 0 saturated heterocycles. The Morgan fingerprint density at radius 1 is 0.585 bits per heavy atom. The van der Waals surface area contributed by atoms with E-state index in [0.717, 1.165) is 41.5 Å². The predicted octanol–water partition coefficient (Wildman–Crippen LogP) is 11.7. The first-order valence-corrected chi connectivity index (χ1v) is 15.8. The Morgan fingerprint density at radius 2 is 1.10 bits per heavy atom. The van der Waals surface area contributed by atoms with Gasteiger partial charge in [-0.05, 0) is 70.8 Å². The van der Waals surface area contributed by atoms with E-state index in [0.29, 0.717) is 17.2 Å². The highest BCUT2D eigenvalue weighted by Gasteiger charge is 2.09. The minimum absolute atomic E-state index is 0.166. The van der Waals surface area contributed by atoms with E-state index in [1.165, 1.54) is 61.6 Å². The number of carbonyl (C=O) groups is 1. The lowest BCUT2D eigenvalue weighted by atomic mass is 9.97. The SMILES string of the molecule is CCCCCCCCC(=O)Oc1ccc(-c2ccc(-c3ccc(-c4ccc(CCCCC)cc4)cc3)cc2Cl)cc1. The molecule has 0 atom stereocenters. The summed E-state index contributed by atoms with van der Waals surface area (Å²) in [6.45, 7) is 4.45. The lowest BCUT2D eigenvalue weighted by Crippen LogP contribution is -2.07. The molecule has 4 aromatic rings. The minimum Gasteiger partial charge on any atom is -0.427 e. The average Bonchev–Trinajstić information content (AvgIpc) is 3.00. The van der Waals surface area contributed by atoms with Crippen LogP contribution in [0.3, 0.4) is 0 Å². The van der Waals surface area contributed by atoms with Crippen LogP contribution in [-0.2, 0) is 11.2 Å². The molecular weight excluding hydrogens is 524 g/mol. The smallest absolute Gasteiger partial charge is 0.311 e. The third-order valence-electron chi connectivity index (χ3n) is 7.68. The molecule has 0 bridgehead atoms. The van der Waals surface area contributed by atoms with E-state index in [-0.39, 0.29) is 5.97 Å². The molecule has 3 heteroatoms. The third-order valence-corrected chi connectivity index (χ3v) is 7.99. The highest BCUT2D eigenvalue weighted by molar-refractivity contribution is 6.33. The molecule has 0 heterocycles. The van der Waals surface area contributed by atoms with Gasteiger partial charge in [-0.1, -0.05) is 143 Å². The van der Waals surface area contributed by atoms with Crippen LogP contribution in [0.1, 0.15) is 83.6 Å². The monoisotopic (exact) mass is 566 g/mol. The van der Waals surface area contributed by atoms with Gasteiger partial charge in [0.15, 0.2) is 0 Å². The molecule has 0 unspecified atom stereocenters. The molecule has 0 radical (unpaired) electrons. The number of unbranched alkanes of at least 4 members (excludes halogenated alkanes) is 7. The van der Waals surface area contributed by atoms with Gasteiger partial charge in [0.05, 0.1) is 0 Å². The molecule has 0 saturated carbocycles. The quantitative estimate of drug-likeness (QED) is 0.0812. The molecule has 4 rings (SSSR count). The Balaban J connectivity index is 1.33. The number of rotatable bonds is 15. The van der Waals surface area contributed by atoms with Crippen molar-refractivity contribution in [1.82, 2.24) is 0 Å². The zero-order valence-corrected chi connectivity index (χ0v) is 25.4. The molecular formula is C38H43ClO2. The minimum atomic E-state index is -0.166. The van der Waals surface area contributed by atoms with Gasteiger partial charge in [-0.3, -0.25) is 4.79 Å². The maximum absolute atomic E-state index is 12.2. The molecule has 0 aliphatic heterocycles. The lowest BCUT2D eigenvalue weighted by molar-refractivity contribution is -0.134. The topological polar surface area (TPSA) is 26.3 Å². The second kappa shape index (κ2) is 16.2. The number of carbonyl (C=O) groups excluding carboxylic acids is 1. The molecule has 0 N–H and O–H groups in total. The number of hydrogen-bond donors (Lipinski definition) is 0. The van der Waals surface area contributed by atoms with E-state index in [1.54, 1.807) is 0 Å². The predicted molar refractivity (Wildman–Crippen MR) is 175 cm³/mol. The van der Waals surface area contributed by atoms with E-state index < -0.39 is 0 Å². The summed E-state index contributed by atoms with van der Waals surface area (Å²) in [5.41, 5.74) is 8.02. The number of hydrogen-bond acceptors (Lipinski definition) is 2. The number of halogens is 1. The molecule has 0 aliphatic carbocycles. The summed E-state index contributed by atoms with van der Waals surface area (Å²) in [5.74, 6) is 0.407. The molecule has 0 amide bonds. The second-order valence-corrected chi connectivity index (χ2v) is 11.3. The van der Waals surface area contributed by atoms with Crippen molar-refractivity contribution in [1.29, 1.82) is 0 Å². The Labute approximate surface area is 251 Å². The summed E-state index contributed by atoms with van der Waals surface area (Å²) in [4.78, 5) is 12.2. The fourth-order valence-electron chi connectivity index (χ4n) is 5.16. The van der Waals surface area contributed by atoms with Crippen molar-refractivity contribution in [2.75, 3.05) is 0 Å². The normalized spacial score (nSPS) is 11.0. The summed E-state index contributed by atoms with van der Waals surface area (Å²) in [7, 11) is 0. The molecule has 2 nitrogen and oxygen atoms in total. The maximum Gasteiger partial charge on any atom is 0.311 e. The van der Waals surface area contributed by atoms with Gasteiger partial charge in [0.2, 0.25) is 0 Å². The third kappa shape index (κ3) is 9.33. The number of ether oxygens (including phenoxy) is 1. The zero-order valence-electron chi connectivity index (χ0n) is 24.6. The van der Waals surface area contributed by atoms with Crippen LogP contribution in [0.15, 0.2) is 91.0 Å². The molecule has 0 spiro atoms. The van der Waals surface area contributed by atoms with Gasteiger partial charge in [0, 0.05) is 17.0 Å². The molecule has 0 fully saturated rings. The van der Waals surface area contributed by atoms with Gasteiger partial charge in [0.1, 0.15) is 5.75 Å². The van der Waals surface area contributed by atoms with E-state index in [9.17, 15) is 4.79 Å². The van der Waals surface area contributed by atoms with Crippen LogP contribution in [0.4, 0.5) is 0 Å². The fraction of sp³-hybridized carbons (Fsp3) is 0.342. The fourth-order valence-corrected chi connectivity index (χ4v) is 5.45. The van der Waals surface area contributed by atoms with Crippen molar-refractivity contribution in [2.45, 2.75) is 84.5 Å². The van der Waals surface area contributed by atoms with E-state index in [2.05, 4.69) is 74.5 Å². The van der Waals surface area contributed by atoms with Gasteiger partial charge < -0.3 is 4.74 Å². The van der Waals surface area contributed by atoms with Crippen LogP contribution >= 0.6 is 11.6 Å². The van der Waals surface area contributed by atoms with E-state index in [4.69, 9.17) is 16.3 Å². The number of esters is 1. The average molecular weight is 567 g/mol. The standard InChI is InChI=1S/C38H43ClO2/c1-3-5-7-8-9-11-13-38(40)41-35-25-22-33(23-26-35)36-27-24-34(28-37(36)39)32-20-18-31(19-21-32)30-16-14-29(15-17-30)12-10-6-4-2/h14-28H,3-13H2,1-2H3. The Hall–Kier alpha value is -3.36. The lowest BCUT2D eigenvalue weighted by Gasteiger charge is -2.10. The van der Waals surface area contributed by atoms with E-state index in [1.807, 2.05) is 30.3 Å². The summed E-state index contributed by atoms with van der Waals surface area (Å²) < 4.78 is 5.54. The van der Waals surface area contributed by atoms with Crippen LogP contribution in [0.5, 0.6) is 5.75 Å². The maximum atomic E-state index is 12.2. The van der Waals surface area contributed by atoms with Gasteiger partial charge in [-0.15, -0.1) is 0 Å². The number of aryl methyl sites for hydroxylation is 1. The molecule has 4 aromatic carbocycles. The van der Waals surface area contributed by atoms with Crippen molar-refractivity contribution >= 4 is 17.6 Å². The zero-order chi connectivity index (χ0) is 28.9. The van der Waals surface area contributed by atoms with Crippen molar-refractivity contribution in [3.05, 3.63) is 102 Å². The highest BCUT2D eigenvalue weighted by atomic mass is 35.5. The van der Waals surface area contributed by atoms with Crippen LogP contribution in [0, 0.1) is 0 Å². The molecule has 41 heavy (non-hydrogen) atoms. The Kier molecular flexibility index (Phi) is 12.1. The van der Waals surface area contributed by atoms with Gasteiger partial charge in [0.25, 0.3) is 0 Å². The van der Waals surface area contributed by atoms with Crippen molar-refractivity contribution in [3.63, 3.8) is 0 Å². The van der Waals surface area contributed by atoms with Gasteiger partial charge in [-0.2, -0.15) is 0 Å². The summed E-state index contributed by atoms with van der Waals surface area (Å²) in [5, 5.41) is 0.693. The largest absolute Gasteiger partial charge is 0.427 e. The van der Waals surface area contributed by atoms with Crippen LogP contribution in [0.25, 0.3) is 33.4 Å². The second-order valence-electron chi connectivity index (χ2n) is 10.9. The first-order valence-electron chi connectivity index (χ1n) is 15.4. The first kappa shape index (κ1) is 30.6. The van der Waals surface area contributed by atoms with Gasteiger partial charge >= 0.3 is 5.97 Å². The van der Waals surface area contributed by atoms with Crippen LogP contribution < -0.4 is 4.74 Å². The van der Waals surface area contributed by atoms with Gasteiger partial charge in [-0.25, -0.2) is 0 Å². The van der Waals surface area contributed by atoms with Crippen LogP contribution in [0.2, 0.25) is 5.02 Å². The summed E-state index contributed by atoms with van der Waals surface area (Å²) >= 11 is 6.74. The van der Waals surface area contributed by atoms with Crippen molar-refractivity contribution < 1.29 is 9.53 Å². The Morgan fingerprint density at radius 3 is 1.73 bits per heavy atom. The molecule has 0 aliphatic rings.